The number of methoxy groups -OCH3 is 1. The third-order valence-corrected chi connectivity index (χ3v) is 7.16. The summed E-state index contributed by atoms with van der Waals surface area (Å²) in [7, 11) is 1.34. The maximum Gasteiger partial charge on any atom is 0.337 e. The average molecular weight is 416 g/mol. The van der Waals surface area contributed by atoms with Crippen LogP contribution in [0.1, 0.15) is 22.5 Å². The predicted octanol–water partition coefficient (Wildman–Crippen LogP) is 3.12. The molecule has 156 valence electrons. The Morgan fingerprint density at radius 2 is 1.68 bits per heavy atom. The standard InChI is InChI=1S/C24H20N2O5/c1-30-24(29)13-4-2-12(3-5-13)19-9-6-14(31-19)11-25-26-22(27)20-15-7-8-16(18-10-17(15)18)21(20)23(26)28/h2-9,11,15-18,20-21H,10H2,1H3/b25-11-/t15-,16-,17-,18+,20-,21-/m1/s1. The van der Waals surface area contributed by atoms with E-state index in [4.69, 9.17) is 9.15 Å². The molecule has 2 saturated carbocycles. The number of ether oxygens (including phenoxy) is 1. The van der Waals surface area contributed by atoms with Gasteiger partial charge < -0.3 is 9.15 Å². The Morgan fingerprint density at radius 1 is 1.03 bits per heavy atom. The second-order valence-electron chi connectivity index (χ2n) is 8.66. The Morgan fingerprint density at radius 3 is 2.29 bits per heavy atom. The van der Waals surface area contributed by atoms with Gasteiger partial charge in [-0.3, -0.25) is 9.59 Å². The van der Waals surface area contributed by atoms with Crippen LogP contribution in [-0.2, 0) is 14.3 Å². The molecule has 7 nitrogen and oxygen atoms in total. The Hall–Kier alpha value is -3.48. The molecule has 7 rings (SSSR count). The van der Waals surface area contributed by atoms with Crippen LogP contribution in [0.5, 0.6) is 0 Å². The van der Waals surface area contributed by atoms with Gasteiger partial charge in [-0.15, -0.1) is 0 Å². The van der Waals surface area contributed by atoms with Crippen LogP contribution in [0, 0.1) is 35.5 Å². The van der Waals surface area contributed by atoms with Crippen LogP contribution in [0.25, 0.3) is 11.3 Å². The van der Waals surface area contributed by atoms with Crippen molar-refractivity contribution in [2.45, 2.75) is 6.42 Å². The van der Waals surface area contributed by atoms with Crippen molar-refractivity contribution >= 4 is 24.0 Å². The number of rotatable bonds is 4. The largest absolute Gasteiger partial charge is 0.465 e. The van der Waals surface area contributed by atoms with Crippen LogP contribution >= 0.6 is 0 Å². The number of benzene rings is 1. The third kappa shape index (κ3) is 2.65. The summed E-state index contributed by atoms with van der Waals surface area (Å²) in [4.78, 5) is 37.5. The number of allylic oxidation sites excluding steroid dienone is 2. The van der Waals surface area contributed by atoms with Crippen LogP contribution in [-0.4, -0.2) is 36.1 Å². The molecule has 6 atom stereocenters. The minimum atomic E-state index is -0.403. The molecule has 1 aliphatic heterocycles. The Balaban J connectivity index is 1.20. The van der Waals surface area contributed by atoms with E-state index in [1.54, 1.807) is 36.4 Å². The average Bonchev–Trinajstić information content (AvgIpc) is 3.44. The van der Waals surface area contributed by atoms with Crippen molar-refractivity contribution in [1.82, 2.24) is 5.01 Å². The van der Waals surface area contributed by atoms with E-state index in [1.165, 1.54) is 13.3 Å². The highest BCUT2D eigenvalue weighted by atomic mass is 16.5. The summed E-state index contributed by atoms with van der Waals surface area (Å²) in [5, 5.41) is 5.24. The third-order valence-electron chi connectivity index (χ3n) is 7.16. The van der Waals surface area contributed by atoms with Crippen LogP contribution in [0.15, 0.2) is 58.1 Å². The number of carbonyl (C=O) groups is 3. The van der Waals surface area contributed by atoms with Gasteiger partial charge in [-0.05, 0) is 54.4 Å². The minimum absolute atomic E-state index is 0.180. The van der Waals surface area contributed by atoms with Gasteiger partial charge in [0.2, 0.25) is 0 Å². The van der Waals surface area contributed by atoms with E-state index in [-0.39, 0.29) is 35.5 Å². The van der Waals surface area contributed by atoms with Crippen molar-refractivity contribution in [3.05, 3.63) is 59.9 Å². The molecular formula is C24H20N2O5. The van der Waals surface area contributed by atoms with Gasteiger partial charge in [0.25, 0.3) is 11.8 Å². The molecule has 7 heteroatoms. The number of carbonyl (C=O) groups excluding carboxylic acids is 3. The number of imide groups is 1. The molecule has 2 aromatic rings. The van der Waals surface area contributed by atoms with Crippen LogP contribution in [0.4, 0.5) is 0 Å². The molecule has 2 bridgehead atoms. The van der Waals surface area contributed by atoms with Crippen molar-refractivity contribution in [2.24, 2.45) is 40.6 Å². The number of esters is 1. The fraction of sp³-hybridized carbons (Fsp3) is 0.333. The summed E-state index contributed by atoms with van der Waals surface area (Å²) >= 11 is 0. The van der Waals surface area contributed by atoms with E-state index in [0.29, 0.717) is 28.9 Å². The van der Waals surface area contributed by atoms with Crippen LogP contribution in [0.3, 0.4) is 0 Å². The van der Waals surface area contributed by atoms with E-state index < -0.39 is 5.97 Å². The van der Waals surface area contributed by atoms with Crippen molar-refractivity contribution in [3.63, 3.8) is 0 Å². The molecule has 1 saturated heterocycles. The van der Waals surface area contributed by atoms with E-state index in [9.17, 15) is 14.4 Å². The summed E-state index contributed by atoms with van der Waals surface area (Å²) in [6.07, 6.45) is 6.83. The second-order valence-corrected chi connectivity index (χ2v) is 8.66. The number of nitrogens with zero attached hydrogens (tertiary/aromatic N) is 2. The maximum absolute atomic E-state index is 13.0. The summed E-state index contributed by atoms with van der Waals surface area (Å²) < 4.78 is 10.5. The van der Waals surface area contributed by atoms with Gasteiger partial charge in [-0.1, -0.05) is 24.3 Å². The quantitative estimate of drug-likeness (QED) is 0.331. The first-order valence-corrected chi connectivity index (χ1v) is 10.5. The van der Waals surface area contributed by atoms with Gasteiger partial charge in [0.15, 0.2) is 0 Å². The van der Waals surface area contributed by atoms with Gasteiger partial charge in [-0.25, -0.2) is 4.79 Å². The smallest absolute Gasteiger partial charge is 0.337 e. The number of hydrazone groups is 1. The highest BCUT2D eigenvalue weighted by Gasteiger charge is 2.67. The van der Waals surface area contributed by atoms with Gasteiger partial charge in [-0.2, -0.15) is 10.1 Å². The normalized spacial score (nSPS) is 32.5. The lowest BCUT2D eigenvalue weighted by Crippen LogP contribution is -2.40. The predicted molar refractivity (Wildman–Crippen MR) is 110 cm³/mol. The van der Waals surface area contributed by atoms with E-state index in [1.807, 2.05) is 0 Å². The van der Waals surface area contributed by atoms with Crippen molar-refractivity contribution in [2.75, 3.05) is 7.11 Å². The van der Waals surface area contributed by atoms with E-state index in [0.717, 1.165) is 17.0 Å². The lowest BCUT2D eigenvalue weighted by atomic mass is 9.63. The Bertz CT molecular complexity index is 1120. The molecule has 0 unspecified atom stereocenters. The zero-order valence-electron chi connectivity index (χ0n) is 16.8. The summed E-state index contributed by atoms with van der Waals surface area (Å²) in [6, 6.07) is 10.4. The molecule has 1 aromatic heterocycles. The summed E-state index contributed by atoms with van der Waals surface area (Å²) in [6.45, 7) is 0. The van der Waals surface area contributed by atoms with Crippen LogP contribution in [0.2, 0.25) is 0 Å². The highest BCUT2D eigenvalue weighted by molar-refractivity contribution is 6.06. The summed E-state index contributed by atoms with van der Waals surface area (Å²) in [5.41, 5.74) is 1.24. The molecular weight excluding hydrogens is 396 g/mol. The molecule has 0 spiro atoms. The Kier molecular flexibility index (Phi) is 3.84. The fourth-order valence-corrected chi connectivity index (χ4v) is 5.64. The topological polar surface area (TPSA) is 89.2 Å². The Labute approximate surface area is 178 Å². The molecule has 1 aromatic carbocycles. The number of hydrogen-bond donors (Lipinski definition) is 0. The highest BCUT2D eigenvalue weighted by Crippen LogP contribution is 2.65. The molecule has 31 heavy (non-hydrogen) atoms. The molecule has 4 aliphatic carbocycles. The van der Waals surface area contributed by atoms with Gasteiger partial charge in [0, 0.05) is 5.56 Å². The van der Waals surface area contributed by atoms with Gasteiger partial charge in [0.1, 0.15) is 11.5 Å². The van der Waals surface area contributed by atoms with Gasteiger partial charge >= 0.3 is 5.97 Å². The maximum atomic E-state index is 13.0. The van der Waals surface area contributed by atoms with Crippen molar-refractivity contribution in [3.8, 4) is 11.3 Å². The van der Waals surface area contributed by atoms with Gasteiger partial charge in [0.05, 0.1) is 30.7 Å². The molecule has 2 heterocycles. The molecule has 0 radical (unpaired) electrons. The van der Waals surface area contributed by atoms with Crippen LogP contribution < -0.4 is 0 Å². The summed E-state index contributed by atoms with van der Waals surface area (Å²) in [5.74, 6) is 1.21. The second kappa shape index (κ2) is 6.51. The molecule has 2 amide bonds. The molecule has 0 N–H and O–H groups in total. The minimum Gasteiger partial charge on any atom is -0.465 e. The lowest BCUT2D eigenvalue weighted by Gasteiger charge is -2.37. The lowest BCUT2D eigenvalue weighted by molar-refractivity contribution is -0.140. The number of furan rings is 1. The first-order valence-electron chi connectivity index (χ1n) is 10.5. The molecule has 3 fully saturated rings. The van der Waals surface area contributed by atoms with Crippen molar-refractivity contribution in [1.29, 1.82) is 0 Å². The van der Waals surface area contributed by atoms with E-state index >= 15 is 0 Å². The fourth-order valence-electron chi connectivity index (χ4n) is 5.64. The first kappa shape index (κ1) is 18.3. The first-order chi connectivity index (χ1) is 15.1. The monoisotopic (exact) mass is 416 g/mol. The zero-order valence-corrected chi connectivity index (χ0v) is 16.8. The molecule has 5 aliphatic rings. The number of hydrogen-bond acceptors (Lipinski definition) is 6. The van der Waals surface area contributed by atoms with Crippen molar-refractivity contribution < 1.29 is 23.5 Å². The van der Waals surface area contributed by atoms with E-state index in [2.05, 4.69) is 17.3 Å². The number of amides is 2. The SMILES string of the molecule is COC(=O)c1ccc(-c2ccc(/C=N\N3C(=O)[C@@H]4[C@@H]5C=C[C@H]([C@@H]6C[C@H]56)[C@H]4C3=O)o2)cc1. The zero-order chi connectivity index (χ0) is 21.3.